The number of hydrogen-bond donors (Lipinski definition) is 2. The normalized spacial score (nSPS) is 18.1. The molecule has 0 spiro atoms. The van der Waals surface area contributed by atoms with Gasteiger partial charge in [-0.2, -0.15) is 0 Å². The third-order valence-corrected chi connectivity index (χ3v) is 5.77. The van der Waals surface area contributed by atoms with Crippen LogP contribution in [-0.4, -0.2) is 32.0 Å². The number of benzene rings is 1. The minimum atomic E-state index is -0.339. The molecule has 160 valence electrons. The van der Waals surface area contributed by atoms with Crippen LogP contribution >= 0.6 is 12.2 Å². The fourth-order valence-electron chi connectivity index (χ4n) is 3.93. The van der Waals surface area contributed by atoms with Gasteiger partial charge in [0.25, 0.3) is 0 Å². The van der Waals surface area contributed by atoms with Crippen molar-refractivity contribution >= 4 is 28.9 Å². The van der Waals surface area contributed by atoms with Crippen molar-refractivity contribution in [3.05, 3.63) is 84.2 Å². The third-order valence-electron chi connectivity index (χ3n) is 5.41. The van der Waals surface area contributed by atoms with Gasteiger partial charge in [-0.3, -0.25) is 9.78 Å². The van der Waals surface area contributed by atoms with Gasteiger partial charge in [-0.25, -0.2) is 4.39 Å². The maximum Gasteiger partial charge on any atom is 0.226 e. The second-order valence-corrected chi connectivity index (χ2v) is 7.73. The zero-order chi connectivity index (χ0) is 21.8. The molecule has 8 heteroatoms. The van der Waals surface area contributed by atoms with Crippen LogP contribution in [0.15, 0.2) is 67.0 Å². The number of amides is 1. The van der Waals surface area contributed by atoms with Gasteiger partial charge in [0, 0.05) is 43.3 Å². The molecule has 1 amide bonds. The quantitative estimate of drug-likeness (QED) is 0.546. The molecular weight excluding hydrogens is 413 g/mol. The van der Waals surface area contributed by atoms with Crippen molar-refractivity contribution in [1.82, 2.24) is 19.8 Å². The van der Waals surface area contributed by atoms with Crippen molar-refractivity contribution in [1.29, 1.82) is 0 Å². The van der Waals surface area contributed by atoms with E-state index in [1.54, 1.807) is 18.3 Å². The number of nitrogens with one attached hydrogen (secondary N) is 2. The van der Waals surface area contributed by atoms with E-state index in [-0.39, 0.29) is 30.2 Å². The number of halogens is 1. The molecule has 3 heterocycles. The highest BCUT2D eigenvalue weighted by Gasteiger charge is 2.40. The summed E-state index contributed by atoms with van der Waals surface area (Å²) in [5.74, 6) is -0.492. The van der Waals surface area contributed by atoms with Gasteiger partial charge in [-0.1, -0.05) is 6.07 Å². The van der Waals surface area contributed by atoms with Crippen LogP contribution in [-0.2, 0) is 11.3 Å². The van der Waals surface area contributed by atoms with Crippen molar-refractivity contribution in [3.8, 4) is 0 Å². The summed E-state index contributed by atoms with van der Waals surface area (Å²) in [7, 11) is 0. The number of rotatable bonds is 7. The fourth-order valence-corrected chi connectivity index (χ4v) is 4.26. The molecule has 1 saturated heterocycles. The van der Waals surface area contributed by atoms with Crippen molar-refractivity contribution in [2.45, 2.75) is 32.0 Å². The van der Waals surface area contributed by atoms with Crippen molar-refractivity contribution in [2.75, 3.05) is 11.9 Å². The number of carbonyl (C=O) groups excluding carboxylic acids is 1. The molecule has 0 saturated carbocycles. The monoisotopic (exact) mass is 437 g/mol. The Labute approximate surface area is 186 Å². The zero-order valence-corrected chi connectivity index (χ0v) is 18.0. The minimum Gasteiger partial charge on any atom is -0.352 e. The molecule has 4 rings (SSSR count). The Morgan fingerprint density at radius 3 is 2.71 bits per heavy atom. The van der Waals surface area contributed by atoms with Gasteiger partial charge < -0.3 is 20.1 Å². The van der Waals surface area contributed by atoms with Gasteiger partial charge in [0.2, 0.25) is 5.91 Å². The first-order valence-corrected chi connectivity index (χ1v) is 10.7. The van der Waals surface area contributed by atoms with E-state index in [0.29, 0.717) is 17.3 Å². The lowest BCUT2D eigenvalue weighted by Crippen LogP contribution is -2.33. The molecule has 2 aromatic heterocycles. The smallest absolute Gasteiger partial charge is 0.226 e. The van der Waals surface area contributed by atoms with Crippen LogP contribution in [0.25, 0.3) is 0 Å². The summed E-state index contributed by atoms with van der Waals surface area (Å²) in [6.07, 6.45) is 4.07. The van der Waals surface area contributed by atoms with E-state index < -0.39 is 0 Å². The molecule has 3 aromatic rings. The number of carbonyl (C=O) groups is 1. The zero-order valence-electron chi connectivity index (χ0n) is 17.2. The van der Waals surface area contributed by atoms with Crippen molar-refractivity contribution < 1.29 is 9.18 Å². The number of anilines is 1. The van der Waals surface area contributed by atoms with Crippen molar-refractivity contribution in [2.24, 2.45) is 0 Å². The lowest BCUT2D eigenvalue weighted by Gasteiger charge is -2.28. The van der Waals surface area contributed by atoms with Gasteiger partial charge in [0.05, 0.1) is 17.8 Å². The Balaban J connectivity index is 1.54. The molecule has 0 unspecified atom stereocenters. The topological polar surface area (TPSA) is 62.2 Å². The largest absolute Gasteiger partial charge is 0.352 e. The van der Waals surface area contributed by atoms with Crippen LogP contribution in [0.1, 0.15) is 36.8 Å². The predicted molar refractivity (Wildman–Crippen MR) is 122 cm³/mol. The van der Waals surface area contributed by atoms with E-state index in [2.05, 4.69) is 38.1 Å². The lowest BCUT2D eigenvalue weighted by molar-refractivity contribution is -0.116. The van der Waals surface area contributed by atoms with Crippen LogP contribution in [0, 0.1) is 5.82 Å². The second-order valence-electron chi connectivity index (χ2n) is 7.34. The standard InChI is InChI=1S/C23H24FN5OS/c1-2-28-14-5-7-19(28)22-21(18-6-3-4-13-25-18)27-23(31)29(22)15-12-20(30)26-17-10-8-16(24)9-11-17/h3-11,13-14,21-22H,2,12,15H2,1H3,(H,26,30)(H,27,31)/t21-,22+/m1/s1. The number of aromatic nitrogens is 2. The average Bonchev–Trinajstić information content (AvgIpc) is 3.38. The average molecular weight is 438 g/mol. The summed E-state index contributed by atoms with van der Waals surface area (Å²) in [6, 6.07) is 15.5. The Bertz CT molecular complexity index is 1050. The van der Waals surface area contributed by atoms with E-state index in [4.69, 9.17) is 12.2 Å². The Morgan fingerprint density at radius 1 is 1.19 bits per heavy atom. The van der Waals surface area contributed by atoms with Gasteiger partial charge in [0.1, 0.15) is 5.82 Å². The van der Waals surface area contributed by atoms with E-state index in [9.17, 15) is 9.18 Å². The lowest BCUT2D eigenvalue weighted by atomic mass is 10.0. The molecule has 6 nitrogen and oxygen atoms in total. The molecular formula is C23H24FN5OS. The highest BCUT2D eigenvalue weighted by atomic mass is 32.1. The van der Waals surface area contributed by atoms with E-state index in [1.165, 1.54) is 12.1 Å². The van der Waals surface area contributed by atoms with Crippen LogP contribution in [0.2, 0.25) is 0 Å². The number of hydrogen-bond acceptors (Lipinski definition) is 3. The Hall–Kier alpha value is -3.26. The maximum absolute atomic E-state index is 13.1. The molecule has 1 aliphatic rings. The molecule has 0 aliphatic carbocycles. The van der Waals surface area contributed by atoms with Gasteiger partial charge in [-0.15, -0.1) is 0 Å². The summed E-state index contributed by atoms with van der Waals surface area (Å²) in [5, 5.41) is 6.80. The predicted octanol–water partition coefficient (Wildman–Crippen LogP) is 4.04. The van der Waals surface area contributed by atoms with Crippen LogP contribution in [0.4, 0.5) is 10.1 Å². The number of thiocarbonyl (C=S) groups is 1. The molecule has 0 bridgehead atoms. The summed E-state index contributed by atoms with van der Waals surface area (Å²) in [4.78, 5) is 19.1. The van der Waals surface area contributed by atoms with Crippen molar-refractivity contribution in [3.63, 3.8) is 0 Å². The fraction of sp³-hybridized carbons (Fsp3) is 0.261. The van der Waals surface area contributed by atoms with Crippen LogP contribution < -0.4 is 10.6 Å². The third kappa shape index (κ3) is 4.59. The Morgan fingerprint density at radius 2 is 2.00 bits per heavy atom. The van der Waals surface area contributed by atoms with E-state index >= 15 is 0 Å². The molecule has 0 radical (unpaired) electrons. The summed E-state index contributed by atoms with van der Waals surface area (Å²) < 4.78 is 15.3. The molecule has 1 fully saturated rings. The maximum atomic E-state index is 13.1. The highest BCUT2D eigenvalue weighted by Crippen LogP contribution is 2.38. The first kappa shape index (κ1) is 21.0. The first-order valence-electron chi connectivity index (χ1n) is 10.3. The summed E-state index contributed by atoms with van der Waals surface area (Å²) >= 11 is 5.65. The number of aryl methyl sites for hydroxylation is 1. The molecule has 2 atom stereocenters. The van der Waals surface area contributed by atoms with Gasteiger partial charge >= 0.3 is 0 Å². The Kier molecular flexibility index (Phi) is 6.27. The van der Waals surface area contributed by atoms with E-state index in [0.717, 1.165) is 17.9 Å². The molecule has 2 N–H and O–H groups in total. The second kappa shape index (κ2) is 9.26. The van der Waals surface area contributed by atoms with E-state index in [1.807, 2.05) is 30.5 Å². The van der Waals surface area contributed by atoms with Crippen LogP contribution in [0.5, 0.6) is 0 Å². The molecule has 1 aromatic carbocycles. The molecule has 31 heavy (non-hydrogen) atoms. The number of nitrogens with zero attached hydrogens (tertiary/aromatic N) is 3. The summed E-state index contributed by atoms with van der Waals surface area (Å²) in [6.45, 7) is 3.38. The highest BCUT2D eigenvalue weighted by molar-refractivity contribution is 7.80. The number of pyridine rings is 1. The first-order chi connectivity index (χ1) is 15.1. The summed E-state index contributed by atoms with van der Waals surface area (Å²) in [5.41, 5.74) is 2.58. The SMILES string of the molecule is CCn1cccc1[C@H]1[C@@H](c2ccccn2)NC(=S)N1CCC(=O)Nc1ccc(F)cc1. The molecule has 1 aliphatic heterocycles. The van der Waals surface area contributed by atoms with Gasteiger partial charge in [0.15, 0.2) is 5.11 Å². The van der Waals surface area contributed by atoms with Crippen LogP contribution in [0.3, 0.4) is 0 Å². The minimum absolute atomic E-state index is 0.0871. The van der Waals surface area contributed by atoms with Gasteiger partial charge in [-0.05, 0) is 67.7 Å².